The Morgan fingerprint density at radius 3 is 2.50 bits per heavy atom. The van der Waals surface area contributed by atoms with E-state index in [1.165, 1.54) is 22.3 Å². The molecule has 0 heterocycles. The first-order valence-electron chi connectivity index (χ1n) is 6.86. The number of hydrogen-bond donors (Lipinski definition) is 0. The lowest BCUT2D eigenvalue weighted by atomic mass is 9.90. The van der Waals surface area contributed by atoms with Crippen LogP contribution in [-0.4, -0.2) is 6.61 Å². The van der Waals surface area contributed by atoms with Gasteiger partial charge in [0.05, 0.1) is 6.61 Å². The second-order valence-electron chi connectivity index (χ2n) is 5.19. The zero-order chi connectivity index (χ0) is 13.7. The molecule has 1 aromatic carbocycles. The zero-order valence-electron chi connectivity index (χ0n) is 12.5. The highest BCUT2D eigenvalue weighted by molar-refractivity contribution is 5.48. The van der Waals surface area contributed by atoms with Gasteiger partial charge in [0, 0.05) is 0 Å². The molecule has 0 aliphatic carbocycles. The summed E-state index contributed by atoms with van der Waals surface area (Å²) >= 11 is 0. The van der Waals surface area contributed by atoms with Gasteiger partial charge in [-0.3, -0.25) is 0 Å². The van der Waals surface area contributed by atoms with Crippen molar-refractivity contribution < 1.29 is 4.74 Å². The van der Waals surface area contributed by atoms with E-state index in [1.54, 1.807) is 0 Å². The third-order valence-corrected chi connectivity index (χ3v) is 3.60. The Morgan fingerprint density at radius 1 is 1.28 bits per heavy atom. The lowest BCUT2D eigenvalue weighted by Gasteiger charge is -2.18. The van der Waals surface area contributed by atoms with Gasteiger partial charge in [-0.2, -0.15) is 0 Å². The van der Waals surface area contributed by atoms with Gasteiger partial charge in [0.15, 0.2) is 0 Å². The molecule has 100 valence electrons. The Morgan fingerprint density at radius 2 is 1.94 bits per heavy atom. The molecule has 0 saturated carbocycles. The van der Waals surface area contributed by atoms with Crippen LogP contribution in [0.15, 0.2) is 18.7 Å². The van der Waals surface area contributed by atoms with Crippen molar-refractivity contribution in [2.75, 3.05) is 6.61 Å². The molecule has 18 heavy (non-hydrogen) atoms. The molecule has 0 amide bonds. The van der Waals surface area contributed by atoms with Gasteiger partial charge in [0.2, 0.25) is 0 Å². The normalized spacial score (nSPS) is 12.3. The molecule has 0 bridgehead atoms. The molecular formula is C17H26O. The molecule has 1 nitrogen and oxygen atoms in total. The summed E-state index contributed by atoms with van der Waals surface area (Å²) in [6.07, 6.45) is 4.14. The van der Waals surface area contributed by atoms with Crippen LogP contribution in [0.5, 0.6) is 5.75 Å². The van der Waals surface area contributed by atoms with Crippen molar-refractivity contribution in [1.82, 2.24) is 0 Å². The van der Waals surface area contributed by atoms with Crippen LogP contribution in [-0.2, 0) is 6.42 Å². The molecular weight excluding hydrogens is 220 g/mol. The molecule has 0 fully saturated rings. The first-order chi connectivity index (χ1) is 8.51. The summed E-state index contributed by atoms with van der Waals surface area (Å²) in [6.45, 7) is 15.5. The summed E-state index contributed by atoms with van der Waals surface area (Å²) in [5.41, 5.74) is 5.43. The van der Waals surface area contributed by atoms with E-state index >= 15 is 0 Å². The molecule has 1 aromatic rings. The fraction of sp³-hybridized carbons (Fsp3) is 0.529. The van der Waals surface area contributed by atoms with Crippen LogP contribution in [0.1, 0.15) is 42.5 Å². The van der Waals surface area contributed by atoms with E-state index in [9.17, 15) is 0 Å². The minimum absolute atomic E-state index is 0.518. The van der Waals surface area contributed by atoms with Gasteiger partial charge < -0.3 is 4.74 Å². The van der Waals surface area contributed by atoms with Crippen molar-refractivity contribution in [1.29, 1.82) is 0 Å². The summed E-state index contributed by atoms with van der Waals surface area (Å²) < 4.78 is 5.81. The average molecular weight is 246 g/mol. The third kappa shape index (κ3) is 3.38. The first-order valence-corrected chi connectivity index (χ1v) is 6.86. The van der Waals surface area contributed by atoms with E-state index < -0.39 is 0 Å². The summed E-state index contributed by atoms with van der Waals surface area (Å²) in [6, 6.07) is 2.18. The maximum absolute atomic E-state index is 5.81. The molecule has 0 aromatic heterocycles. The fourth-order valence-corrected chi connectivity index (χ4v) is 2.18. The highest BCUT2D eigenvalue weighted by Crippen LogP contribution is 2.29. The number of ether oxygens (including phenoxy) is 1. The second kappa shape index (κ2) is 6.63. The van der Waals surface area contributed by atoms with Gasteiger partial charge in [0.25, 0.3) is 0 Å². The van der Waals surface area contributed by atoms with Gasteiger partial charge in [0.1, 0.15) is 5.75 Å². The van der Waals surface area contributed by atoms with E-state index in [0.717, 1.165) is 25.2 Å². The predicted octanol–water partition coefficient (Wildman–Crippen LogP) is 4.77. The molecule has 1 rings (SSSR count). The van der Waals surface area contributed by atoms with E-state index in [0.29, 0.717) is 5.92 Å². The third-order valence-electron chi connectivity index (χ3n) is 3.60. The topological polar surface area (TPSA) is 9.23 Å². The van der Waals surface area contributed by atoms with Crippen molar-refractivity contribution in [3.8, 4) is 5.75 Å². The molecule has 1 heteroatoms. The van der Waals surface area contributed by atoms with Crippen molar-refractivity contribution in [3.63, 3.8) is 0 Å². The maximum Gasteiger partial charge on any atom is 0.122 e. The highest BCUT2D eigenvalue weighted by Gasteiger charge is 2.12. The molecule has 0 aliphatic rings. The van der Waals surface area contributed by atoms with Gasteiger partial charge in [-0.25, -0.2) is 0 Å². The van der Waals surface area contributed by atoms with E-state index in [1.807, 2.05) is 6.08 Å². The lowest BCUT2D eigenvalue weighted by molar-refractivity contribution is 0.314. The van der Waals surface area contributed by atoms with Crippen LogP contribution in [0.4, 0.5) is 0 Å². The predicted molar refractivity (Wildman–Crippen MR) is 79.5 cm³/mol. The van der Waals surface area contributed by atoms with Gasteiger partial charge in [-0.05, 0) is 67.9 Å². The number of aryl methyl sites for hydroxylation is 1. The standard InChI is InChI=1S/C17H26O/c1-7-9-18-17-11-13(4)16(10-12(3)8-2)14(5)15(17)6/h8,11-12H,2,7,9-10H2,1,3-6H3. The largest absolute Gasteiger partial charge is 0.493 e. The minimum Gasteiger partial charge on any atom is -0.493 e. The zero-order valence-corrected chi connectivity index (χ0v) is 12.5. The number of rotatable bonds is 6. The molecule has 1 atom stereocenters. The van der Waals surface area contributed by atoms with Crippen LogP contribution < -0.4 is 4.74 Å². The highest BCUT2D eigenvalue weighted by atomic mass is 16.5. The van der Waals surface area contributed by atoms with E-state index in [-0.39, 0.29) is 0 Å². The van der Waals surface area contributed by atoms with Crippen molar-refractivity contribution in [2.45, 2.75) is 47.5 Å². The smallest absolute Gasteiger partial charge is 0.122 e. The molecule has 0 radical (unpaired) electrons. The summed E-state index contributed by atoms with van der Waals surface area (Å²) in [5.74, 6) is 1.56. The van der Waals surface area contributed by atoms with Crippen LogP contribution in [0, 0.1) is 26.7 Å². The first kappa shape index (κ1) is 14.8. The molecule has 0 aliphatic heterocycles. The average Bonchev–Trinajstić information content (AvgIpc) is 2.36. The summed E-state index contributed by atoms with van der Waals surface area (Å²) in [4.78, 5) is 0. The fourth-order valence-electron chi connectivity index (χ4n) is 2.18. The molecule has 0 saturated heterocycles. The number of hydrogen-bond acceptors (Lipinski definition) is 1. The Hall–Kier alpha value is -1.24. The maximum atomic E-state index is 5.81. The lowest BCUT2D eigenvalue weighted by Crippen LogP contribution is -2.05. The Bertz CT molecular complexity index is 418. The monoisotopic (exact) mass is 246 g/mol. The van der Waals surface area contributed by atoms with Crippen LogP contribution in [0.25, 0.3) is 0 Å². The van der Waals surface area contributed by atoms with Gasteiger partial charge >= 0.3 is 0 Å². The Labute approximate surface area is 112 Å². The summed E-state index contributed by atoms with van der Waals surface area (Å²) in [7, 11) is 0. The SMILES string of the molecule is C=CC(C)Cc1c(C)cc(OCCC)c(C)c1C. The van der Waals surface area contributed by atoms with Gasteiger partial charge in [-0.15, -0.1) is 6.58 Å². The Balaban J connectivity index is 3.07. The molecule has 1 unspecified atom stereocenters. The van der Waals surface area contributed by atoms with Crippen LogP contribution in [0.3, 0.4) is 0 Å². The second-order valence-corrected chi connectivity index (χ2v) is 5.19. The summed E-state index contributed by atoms with van der Waals surface area (Å²) in [5, 5.41) is 0. The van der Waals surface area contributed by atoms with E-state index in [2.05, 4.69) is 47.3 Å². The molecule has 0 spiro atoms. The number of allylic oxidation sites excluding steroid dienone is 1. The minimum atomic E-state index is 0.518. The van der Waals surface area contributed by atoms with Crippen molar-refractivity contribution in [2.24, 2.45) is 5.92 Å². The number of benzene rings is 1. The van der Waals surface area contributed by atoms with Crippen LogP contribution >= 0.6 is 0 Å². The van der Waals surface area contributed by atoms with Gasteiger partial charge in [-0.1, -0.05) is 19.9 Å². The Kier molecular flexibility index (Phi) is 5.46. The van der Waals surface area contributed by atoms with E-state index in [4.69, 9.17) is 4.74 Å². The molecule has 0 N–H and O–H groups in total. The quantitative estimate of drug-likeness (QED) is 0.657. The van der Waals surface area contributed by atoms with Crippen molar-refractivity contribution in [3.05, 3.63) is 41.0 Å². The van der Waals surface area contributed by atoms with Crippen molar-refractivity contribution >= 4 is 0 Å². The van der Waals surface area contributed by atoms with Crippen LogP contribution in [0.2, 0.25) is 0 Å².